The van der Waals surface area contributed by atoms with E-state index >= 15 is 0 Å². The third-order valence-corrected chi connectivity index (χ3v) is 5.94. The number of ether oxygens (including phenoxy) is 2. The number of hydrogen-bond acceptors (Lipinski definition) is 5. The van der Waals surface area contributed by atoms with Crippen molar-refractivity contribution in [2.24, 2.45) is 11.3 Å². The van der Waals surface area contributed by atoms with E-state index in [0.29, 0.717) is 36.1 Å². The Morgan fingerprint density at radius 1 is 1.13 bits per heavy atom. The molecule has 0 radical (unpaired) electrons. The van der Waals surface area contributed by atoms with Crippen LogP contribution in [0.15, 0.2) is 18.2 Å². The second kappa shape index (κ2) is 10.2. The molecule has 2 N–H and O–H groups in total. The van der Waals surface area contributed by atoms with Crippen molar-refractivity contribution in [2.75, 3.05) is 34.4 Å². The molecule has 1 saturated heterocycles. The van der Waals surface area contributed by atoms with Gasteiger partial charge in [0.15, 0.2) is 11.5 Å². The summed E-state index contributed by atoms with van der Waals surface area (Å²) in [4.78, 5) is 27.4. The Kier molecular flexibility index (Phi) is 8.12. The number of methoxy groups -OCH3 is 2. The van der Waals surface area contributed by atoms with Crippen LogP contribution >= 0.6 is 0 Å². The normalized spacial score (nSPS) is 19.6. The third-order valence-electron chi connectivity index (χ3n) is 5.94. The topological polar surface area (TPSA) is 79.9 Å². The van der Waals surface area contributed by atoms with Gasteiger partial charge in [0.25, 0.3) is 5.91 Å². The summed E-state index contributed by atoms with van der Waals surface area (Å²) in [6, 6.07) is 5.22. The average Bonchev–Trinajstić information content (AvgIpc) is 3.12. The highest BCUT2D eigenvalue weighted by Gasteiger charge is 2.42. The fourth-order valence-corrected chi connectivity index (χ4v) is 4.13. The molecule has 1 aromatic carbocycles. The van der Waals surface area contributed by atoms with Crippen molar-refractivity contribution >= 4 is 11.8 Å². The second-order valence-electron chi connectivity index (χ2n) is 9.15. The predicted molar refractivity (Wildman–Crippen MR) is 118 cm³/mol. The van der Waals surface area contributed by atoms with Crippen molar-refractivity contribution in [3.05, 3.63) is 23.8 Å². The summed E-state index contributed by atoms with van der Waals surface area (Å²) in [6.45, 7) is 9.65. The molecule has 0 aliphatic carbocycles. The van der Waals surface area contributed by atoms with Crippen LogP contribution in [0.5, 0.6) is 11.5 Å². The maximum Gasteiger partial charge on any atom is 0.251 e. The molecule has 2 atom stereocenters. The zero-order valence-electron chi connectivity index (χ0n) is 19.4. The zero-order chi connectivity index (χ0) is 22.5. The quantitative estimate of drug-likeness (QED) is 0.643. The maximum absolute atomic E-state index is 12.7. The Morgan fingerprint density at radius 2 is 1.80 bits per heavy atom. The van der Waals surface area contributed by atoms with Crippen LogP contribution in [0.2, 0.25) is 0 Å². The molecule has 0 saturated carbocycles. The number of carbonyl (C=O) groups excluding carboxylic acids is 2. The van der Waals surface area contributed by atoms with Crippen LogP contribution in [-0.2, 0) is 4.79 Å². The van der Waals surface area contributed by atoms with E-state index in [4.69, 9.17) is 9.47 Å². The molecule has 168 valence electrons. The Bertz CT molecular complexity index is 748. The SMILES string of the molecule is COc1ccc(C(=O)NCC(C)(C)C2CCC(C(=O)NCC(C)C)N2C)cc1OC. The van der Waals surface area contributed by atoms with E-state index in [1.807, 2.05) is 7.05 Å². The Balaban J connectivity index is 1.98. The van der Waals surface area contributed by atoms with Crippen molar-refractivity contribution in [1.82, 2.24) is 15.5 Å². The standard InChI is InChI=1S/C23H37N3O4/c1-15(2)13-24-22(28)17-9-11-20(26(17)5)23(3,4)14-25-21(27)16-8-10-18(29-6)19(12-16)30-7/h8,10,12,15,17,20H,9,11,13-14H2,1-7H3,(H,24,28)(H,25,27). The molecular formula is C23H37N3O4. The highest BCUT2D eigenvalue weighted by atomic mass is 16.5. The minimum atomic E-state index is -0.186. The lowest BCUT2D eigenvalue weighted by atomic mass is 9.83. The first-order chi connectivity index (χ1) is 14.1. The van der Waals surface area contributed by atoms with Gasteiger partial charge in [-0.25, -0.2) is 0 Å². The molecule has 0 spiro atoms. The molecule has 2 amide bonds. The fourth-order valence-electron chi connectivity index (χ4n) is 4.13. The number of benzene rings is 1. The molecule has 1 fully saturated rings. The van der Waals surface area contributed by atoms with Crippen LogP contribution in [0.4, 0.5) is 0 Å². The Hall–Kier alpha value is -2.28. The van der Waals surface area contributed by atoms with E-state index in [2.05, 4.69) is 43.2 Å². The van der Waals surface area contributed by atoms with E-state index in [1.165, 1.54) is 0 Å². The highest BCUT2D eigenvalue weighted by Crippen LogP contribution is 2.35. The van der Waals surface area contributed by atoms with Gasteiger partial charge >= 0.3 is 0 Å². The lowest BCUT2D eigenvalue weighted by Gasteiger charge is -2.37. The van der Waals surface area contributed by atoms with E-state index in [9.17, 15) is 9.59 Å². The maximum atomic E-state index is 12.7. The predicted octanol–water partition coefficient (Wildman–Crippen LogP) is 2.69. The summed E-state index contributed by atoms with van der Waals surface area (Å²) in [5.74, 6) is 1.48. The molecule has 7 nitrogen and oxygen atoms in total. The number of hydrogen-bond donors (Lipinski definition) is 2. The molecule has 1 aliphatic rings. The van der Waals surface area contributed by atoms with Crippen LogP contribution in [0.1, 0.15) is 50.9 Å². The molecule has 0 bridgehead atoms. The summed E-state index contributed by atoms with van der Waals surface area (Å²) >= 11 is 0. The van der Waals surface area contributed by atoms with E-state index in [-0.39, 0.29) is 29.3 Å². The van der Waals surface area contributed by atoms with Gasteiger partial charge in [0, 0.05) is 24.7 Å². The average molecular weight is 420 g/mol. The van der Waals surface area contributed by atoms with Gasteiger partial charge in [-0.05, 0) is 49.4 Å². The van der Waals surface area contributed by atoms with E-state index < -0.39 is 0 Å². The molecule has 1 heterocycles. The summed E-state index contributed by atoms with van der Waals surface area (Å²) in [6.07, 6.45) is 1.76. The van der Waals surface area contributed by atoms with Gasteiger partial charge in [-0.1, -0.05) is 27.7 Å². The number of likely N-dealkylation sites (tertiary alicyclic amines) is 1. The first kappa shape index (κ1) is 24.0. The Morgan fingerprint density at radius 3 is 2.40 bits per heavy atom. The van der Waals surface area contributed by atoms with E-state index in [0.717, 1.165) is 12.8 Å². The molecule has 1 aromatic rings. The van der Waals surface area contributed by atoms with Gasteiger partial charge in [0.1, 0.15) is 0 Å². The summed E-state index contributed by atoms with van der Waals surface area (Å²) in [5, 5.41) is 6.09. The van der Waals surface area contributed by atoms with Crippen molar-refractivity contribution in [1.29, 1.82) is 0 Å². The van der Waals surface area contributed by atoms with Crippen LogP contribution in [0, 0.1) is 11.3 Å². The number of amides is 2. The van der Waals surface area contributed by atoms with Gasteiger partial charge in [-0.15, -0.1) is 0 Å². The van der Waals surface area contributed by atoms with Crippen molar-refractivity contribution in [3.8, 4) is 11.5 Å². The number of nitrogens with zero attached hydrogens (tertiary/aromatic N) is 1. The number of likely N-dealkylation sites (N-methyl/N-ethyl adjacent to an activating group) is 1. The first-order valence-electron chi connectivity index (χ1n) is 10.6. The van der Waals surface area contributed by atoms with Crippen molar-refractivity contribution in [3.63, 3.8) is 0 Å². The molecule has 30 heavy (non-hydrogen) atoms. The monoisotopic (exact) mass is 419 g/mol. The highest BCUT2D eigenvalue weighted by molar-refractivity contribution is 5.94. The number of nitrogens with one attached hydrogen (secondary N) is 2. The largest absolute Gasteiger partial charge is 0.493 e. The number of rotatable bonds is 9. The minimum Gasteiger partial charge on any atom is -0.493 e. The summed E-state index contributed by atoms with van der Waals surface area (Å²) in [5.41, 5.74) is 0.336. The summed E-state index contributed by atoms with van der Waals surface area (Å²) in [7, 11) is 5.12. The Labute approximate surface area is 180 Å². The van der Waals surface area contributed by atoms with Crippen LogP contribution in [0.25, 0.3) is 0 Å². The van der Waals surface area contributed by atoms with Crippen molar-refractivity contribution in [2.45, 2.75) is 52.6 Å². The van der Waals surface area contributed by atoms with Gasteiger partial charge < -0.3 is 20.1 Å². The van der Waals surface area contributed by atoms with Crippen LogP contribution in [0.3, 0.4) is 0 Å². The number of carbonyl (C=O) groups is 2. The third kappa shape index (κ3) is 5.65. The van der Waals surface area contributed by atoms with Crippen LogP contribution in [-0.4, -0.2) is 63.2 Å². The van der Waals surface area contributed by atoms with Gasteiger partial charge in [-0.3, -0.25) is 14.5 Å². The van der Waals surface area contributed by atoms with Gasteiger partial charge in [0.2, 0.25) is 5.91 Å². The molecule has 7 heteroatoms. The lowest BCUT2D eigenvalue weighted by Crippen LogP contribution is -2.51. The zero-order valence-corrected chi connectivity index (χ0v) is 19.4. The molecule has 2 rings (SSSR count). The molecule has 2 unspecified atom stereocenters. The van der Waals surface area contributed by atoms with Gasteiger partial charge in [-0.2, -0.15) is 0 Å². The fraction of sp³-hybridized carbons (Fsp3) is 0.652. The summed E-state index contributed by atoms with van der Waals surface area (Å²) < 4.78 is 10.5. The van der Waals surface area contributed by atoms with Crippen molar-refractivity contribution < 1.29 is 19.1 Å². The lowest BCUT2D eigenvalue weighted by molar-refractivity contribution is -0.126. The molecule has 0 aromatic heterocycles. The minimum absolute atomic E-state index is 0.0962. The van der Waals surface area contributed by atoms with Crippen LogP contribution < -0.4 is 20.1 Å². The first-order valence-corrected chi connectivity index (χ1v) is 10.6. The molecular weight excluding hydrogens is 382 g/mol. The second-order valence-corrected chi connectivity index (χ2v) is 9.15. The molecule has 1 aliphatic heterocycles. The smallest absolute Gasteiger partial charge is 0.251 e. The van der Waals surface area contributed by atoms with E-state index in [1.54, 1.807) is 32.4 Å². The van der Waals surface area contributed by atoms with Gasteiger partial charge in [0.05, 0.1) is 20.3 Å².